The van der Waals surface area contributed by atoms with E-state index >= 15 is 0 Å². The first-order valence-electron chi connectivity index (χ1n) is 35.1. The van der Waals surface area contributed by atoms with Crippen molar-refractivity contribution in [2.45, 2.75) is 386 Å². The number of carbonyl (C=O) groups is 3. The maximum absolute atomic E-state index is 12.9. The van der Waals surface area contributed by atoms with Gasteiger partial charge in [-0.1, -0.05) is 326 Å². The zero-order chi connectivity index (χ0) is 57.1. The second-order valence-corrected chi connectivity index (χ2v) is 23.8. The molecule has 0 spiro atoms. The molecule has 0 aliphatic rings. The number of carbonyl (C=O) groups excluding carboxylic acids is 3. The standard InChI is InChI=1S/C73H134O6/c1-4-7-10-13-16-19-22-25-27-29-30-31-32-33-34-35-36-37-38-39-40-41-42-44-45-48-51-54-57-60-63-66-72(75)78-69-70(68-77-71(74)65-62-59-56-53-50-47-24-21-18-15-12-9-6-3)79-73(76)67-64-61-58-55-52-49-46-43-28-26-23-20-17-14-11-8-5-2/h17,20,22,25-26,28-30,70H,4-16,18-19,21,23-24,27,31-69H2,1-3H3/b20-17-,25-22-,28-26-,30-29-. The molecular weight excluding hydrogens is 973 g/mol. The van der Waals surface area contributed by atoms with Crippen LogP contribution in [0, 0.1) is 0 Å². The van der Waals surface area contributed by atoms with Crippen LogP contribution in [-0.4, -0.2) is 37.2 Å². The van der Waals surface area contributed by atoms with Crippen LogP contribution < -0.4 is 0 Å². The zero-order valence-electron chi connectivity index (χ0n) is 53.2. The van der Waals surface area contributed by atoms with E-state index in [1.165, 1.54) is 263 Å². The van der Waals surface area contributed by atoms with Crippen molar-refractivity contribution in [3.05, 3.63) is 48.6 Å². The molecule has 462 valence electrons. The summed E-state index contributed by atoms with van der Waals surface area (Å²) in [4.78, 5) is 38.4. The smallest absolute Gasteiger partial charge is 0.306 e. The van der Waals surface area contributed by atoms with Crippen molar-refractivity contribution in [1.82, 2.24) is 0 Å². The van der Waals surface area contributed by atoms with Gasteiger partial charge in [-0.15, -0.1) is 0 Å². The van der Waals surface area contributed by atoms with Crippen molar-refractivity contribution in [1.29, 1.82) is 0 Å². The fourth-order valence-corrected chi connectivity index (χ4v) is 10.5. The minimum absolute atomic E-state index is 0.0710. The highest BCUT2D eigenvalue weighted by Gasteiger charge is 2.19. The summed E-state index contributed by atoms with van der Waals surface area (Å²) in [5.41, 5.74) is 0. The molecule has 1 atom stereocenters. The maximum Gasteiger partial charge on any atom is 0.306 e. The van der Waals surface area contributed by atoms with E-state index in [0.29, 0.717) is 19.3 Å². The molecule has 6 heteroatoms. The fraction of sp³-hybridized carbons (Fsp3) is 0.849. The summed E-state index contributed by atoms with van der Waals surface area (Å²) in [6.45, 7) is 6.66. The molecule has 0 radical (unpaired) electrons. The van der Waals surface area contributed by atoms with Gasteiger partial charge in [-0.05, 0) is 83.5 Å². The number of hydrogen-bond donors (Lipinski definition) is 0. The van der Waals surface area contributed by atoms with Crippen LogP contribution in [0.2, 0.25) is 0 Å². The van der Waals surface area contributed by atoms with Crippen LogP contribution in [0.3, 0.4) is 0 Å². The second-order valence-electron chi connectivity index (χ2n) is 23.8. The first-order valence-corrected chi connectivity index (χ1v) is 35.1. The summed E-state index contributed by atoms with van der Waals surface area (Å²) in [6, 6.07) is 0. The Morgan fingerprint density at radius 2 is 0.456 bits per heavy atom. The second kappa shape index (κ2) is 67.9. The first-order chi connectivity index (χ1) is 39.0. The number of allylic oxidation sites excluding steroid dienone is 8. The molecule has 79 heavy (non-hydrogen) atoms. The lowest BCUT2D eigenvalue weighted by atomic mass is 10.0. The van der Waals surface area contributed by atoms with Crippen LogP contribution in [0.25, 0.3) is 0 Å². The molecule has 0 aromatic heterocycles. The third-order valence-electron chi connectivity index (χ3n) is 15.8. The summed E-state index contributed by atoms with van der Waals surface area (Å²) < 4.78 is 17.0. The van der Waals surface area contributed by atoms with Gasteiger partial charge in [0.1, 0.15) is 13.2 Å². The lowest BCUT2D eigenvalue weighted by molar-refractivity contribution is -0.167. The Kier molecular flexibility index (Phi) is 65.6. The number of ether oxygens (including phenoxy) is 3. The predicted molar refractivity (Wildman–Crippen MR) is 344 cm³/mol. The Morgan fingerprint density at radius 3 is 0.722 bits per heavy atom. The largest absolute Gasteiger partial charge is 0.462 e. The molecule has 1 unspecified atom stereocenters. The van der Waals surface area contributed by atoms with Gasteiger partial charge in [0.05, 0.1) is 0 Å². The van der Waals surface area contributed by atoms with Gasteiger partial charge in [0, 0.05) is 19.3 Å². The van der Waals surface area contributed by atoms with Gasteiger partial charge < -0.3 is 14.2 Å². The van der Waals surface area contributed by atoms with Crippen LogP contribution in [0.5, 0.6) is 0 Å². The molecular formula is C73H134O6. The third kappa shape index (κ3) is 66.1. The highest BCUT2D eigenvalue weighted by molar-refractivity contribution is 5.71. The molecule has 0 rings (SSSR count). The molecule has 0 saturated heterocycles. The number of esters is 3. The van der Waals surface area contributed by atoms with Crippen molar-refractivity contribution in [3.8, 4) is 0 Å². The summed E-state index contributed by atoms with van der Waals surface area (Å²) in [5, 5.41) is 0. The molecule has 0 amide bonds. The molecule has 0 saturated carbocycles. The van der Waals surface area contributed by atoms with Crippen molar-refractivity contribution in [2.75, 3.05) is 13.2 Å². The molecule has 0 aliphatic heterocycles. The summed E-state index contributed by atoms with van der Waals surface area (Å²) >= 11 is 0. The Balaban J connectivity index is 4.15. The first kappa shape index (κ1) is 76.4. The average molecular weight is 1110 g/mol. The number of hydrogen-bond acceptors (Lipinski definition) is 6. The third-order valence-corrected chi connectivity index (χ3v) is 15.8. The quantitative estimate of drug-likeness (QED) is 0.0261. The van der Waals surface area contributed by atoms with Crippen LogP contribution in [0.1, 0.15) is 380 Å². The SMILES string of the molecule is CCCCC/C=C\C/C=C\CCCCCCCCCC(=O)OC(COC(=O)CCCCCCCCCCCCCCC)COC(=O)CCCCCCCCCCCCCCCCCCCCC/C=C\C/C=C\CCCCCCC. The molecule has 0 aliphatic carbocycles. The summed E-state index contributed by atoms with van der Waals surface area (Å²) in [7, 11) is 0. The molecule has 0 N–H and O–H groups in total. The Labute approximate surface area is 492 Å². The lowest BCUT2D eigenvalue weighted by Gasteiger charge is -2.18. The zero-order valence-corrected chi connectivity index (χ0v) is 53.2. The van der Waals surface area contributed by atoms with Gasteiger partial charge in [-0.25, -0.2) is 0 Å². The summed E-state index contributed by atoms with van der Waals surface area (Å²) in [6.07, 6.45) is 85.7. The van der Waals surface area contributed by atoms with Gasteiger partial charge in [0.2, 0.25) is 0 Å². The van der Waals surface area contributed by atoms with E-state index in [0.717, 1.165) is 77.0 Å². The lowest BCUT2D eigenvalue weighted by Crippen LogP contribution is -2.30. The highest BCUT2D eigenvalue weighted by Crippen LogP contribution is 2.18. The average Bonchev–Trinajstić information content (AvgIpc) is 3.45. The topological polar surface area (TPSA) is 78.9 Å². The minimum atomic E-state index is -0.775. The maximum atomic E-state index is 12.9. The van der Waals surface area contributed by atoms with Crippen molar-refractivity contribution in [3.63, 3.8) is 0 Å². The predicted octanol–water partition coefficient (Wildman–Crippen LogP) is 24.1. The van der Waals surface area contributed by atoms with Gasteiger partial charge in [0.25, 0.3) is 0 Å². The van der Waals surface area contributed by atoms with E-state index in [2.05, 4.69) is 69.4 Å². The fourth-order valence-electron chi connectivity index (χ4n) is 10.5. The van der Waals surface area contributed by atoms with E-state index in [4.69, 9.17) is 14.2 Å². The van der Waals surface area contributed by atoms with Crippen LogP contribution in [0.15, 0.2) is 48.6 Å². The van der Waals surface area contributed by atoms with Crippen LogP contribution in [-0.2, 0) is 28.6 Å². The Hall–Kier alpha value is -2.63. The van der Waals surface area contributed by atoms with Crippen molar-refractivity contribution < 1.29 is 28.6 Å². The van der Waals surface area contributed by atoms with Crippen LogP contribution >= 0.6 is 0 Å². The van der Waals surface area contributed by atoms with Crippen molar-refractivity contribution in [2.24, 2.45) is 0 Å². The number of unbranched alkanes of at least 4 members (excludes halogenated alkanes) is 46. The Morgan fingerprint density at radius 1 is 0.253 bits per heavy atom. The number of rotatable bonds is 65. The monoisotopic (exact) mass is 1110 g/mol. The molecule has 0 aromatic rings. The minimum Gasteiger partial charge on any atom is -0.462 e. The molecule has 0 aromatic carbocycles. The summed E-state index contributed by atoms with van der Waals surface area (Å²) in [5.74, 6) is -0.853. The van der Waals surface area contributed by atoms with Crippen LogP contribution in [0.4, 0.5) is 0 Å². The Bertz CT molecular complexity index is 1360. The van der Waals surface area contributed by atoms with E-state index in [-0.39, 0.29) is 31.1 Å². The molecule has 0 heterocycles. The van der Waals surface area contributed by atoms with E-state index in [9.17, 15) is 14.4 Å². The van der Waals surface area contributed by atoms with Crippen molar-refractivity contribution >= 4 is 17.9 Å². The highest BCUT2D eigenvalue weighted by atomic mass is 16.6. The van der Waals surface area contributed by atoms with E-state index < -0.39 is 6.10 Å². The molecule has 6 nitrogen and oxygen atoms in total. The molecule has 0 bridgehead atoms. The van der Waals surface area contributed by atoms with E-state index in [1.807, 2.05) is 0 Å². The van der Waals surface area contributed by atoms with Gasteiger partial charge >= 0.3 is 17.9 Å². The molecule has 0 fully saturated rings. The van der Waals surface area contributed by atoms with Gasteiger partial charge in [0.15, 0.2) is 6.10 Å². The van der Waals surface area contributed by atoms with Gasteiger partial charge in [-0.3, -0.25) is 14.4 Å². The van der Waals surface area contributed by atoms with E-state index in [1.54, 1.807) is 0 Å². The normalized spacial score (nSPS) is 12.3. The van der Waals surface area contributed by atoms with Gasteiger partial charge in [-0.2, -0.15) is 0 Å².